The second kappa shape index (κ2) is 3.68. The molecule has 1 aromatic rings. The van der Waals surface area contributed by atoms with Crippen molar-refractivity contribution >= 4 is 6.08 Å². The van der Waals surface area contributed by atoms with Crippen molar-refractivity contribution < 1.29 is 9.32 Å². The van der Waals surface area contributed by atoms with Gasteiger partial charge in [-0.05, 0) is 0 Å². The SMILES string of the molecule is CC(CN=C=O)c1ccon1. The molecule has 0 aromatic carbocycles. The molecule has 4 nitrogen and oxygen atoms in total. The van der Waals surface area contributed by atoms with Crippen molar-refractivity contribution in [3.05, 3.63) is 18.0 Å². The van der Waals surface area contributed by atoms with Gasteiger partial charge in [0.15, 0.2) is 0 Å². The predicted octanol–water partition coefficient (Wildman–Crippen LogP) is 1.11. The van der Waals surface area contributed by atoms with Crippen molar-refractivity contribution in [1.82, 2.24) is 5.16 Å². The van der Waals surface area contributed by atoms with Gasteiger partial charge < -0.3 is 4.52 Å². The van der Waals surface area contributed by atoms with E-state index in [1.807, 2.05) is 6.92 Å². The zero-order chi connectivity index (χ0) is 8.10. The molecule has 4 heteroatoms. The topological polar surface area (TPSA) is 55.5 Å². The van der Waals surface area contributed by atoms with Crippen molar-refractivity contribution in [2.75, 3.05) is 6.54 Å². The first-order valence-corrected chi connectivity index (χ1v) is 3.28. The number of aromatic nitrogens is 1. The van der Waals surface area contributed by atoms with E-state index in [1.165, 1.54) is 12.3 Å². The van der Waals surface area contributed by atoms with Crippen LogP contribution < -0.4 is 0 Å². The van der Waals surface area contributed by atoms with Gasteiger partial charge in [0.2, 0.25) is 6.08 Å². The highest BCUT2D eigenvalue weighted by Crippen LogP contribution is 2.11. The summed E-state index contributed by atoms with van der Waals surface area (Å²) in [5, 5.41) is 3.70. The minimum atomic E-state index is 0.121. The van der Waals surface area contributed by atoms with Crippen molar-refractivity contribution in [1.29, 1.82) is 0 Å². The van der Waals surface area contributed by atoms with E-state index in [0.29, 0.717) is 6.54 Å². The highest BCUT2D eigenvalue weighted by atomic mass is 16.5. The lowest BCUT2D eigenvalue weighted by atomic mass is 10.1. The van der Waals surface area contributed by atoms with Crippen molar-refractivity contribution in [3.63, 3.8) is 0 Å². The molecule has 0 amide bonds. The number of isocyanates is 1. The molecule has 0 radical (unpaired) electrons. The van der Waals surface area contributed by atoms with Gasteiger partial charge in [-0.25, -0.2) is 9.79 Å². The van der Waals surface area contributed by atoms with E-state index in [2.05, 4.69) is 14.7 Å². The van der Waals surface area contributed by atoms with Gasteiger partial charge in [-0.15, -0.1) is 0 Å². The molecule has 0 aliphatic heterocycles. The standard InChI is InChI=1S/C7H8N2O2/c1-6(4-8-5-10)7-2-3-11-9-7/h2-3,6H,4H2,1H3. The molecule has 1 atom stereocenters. The largest absolute Gasteiger partial charge is 0.365 e. The third-order valence-electron chi connectivity index (χ3n) is 1.39. The van der Waals surface area contributed by atoms with E-state index in [-0.39, 0.29) is 5.92 Å². The Kier molecular flexibility index (Phi) is 2.58. The molecular formula is C7H8N2O2. The van der Waals surface area contributed by atoms with E-state index in [1.54, 1.807) is 6.07 Å². The Hall–Kier alpha value is -1.41. The first-order chi connectivity index (χ1) is 5.34. The summed E-state index contributed by atoms with van der Waals surface area (Å²) in [5.74, 6) is 0.121. The molecule has 0 saturated heterocycles. The second-order valence-electron chi connectivity index (χ2n) is 2.26. The lowest BCUT2D eigenvalue weighted by molar-refractivity contribution is 0.407. The second-order valence-corrected chi connectivity index (χ2v) is 2.26. The lowest BCUT2D eigenvalue weighted by Crippen LogP contribution is -1.97. The fourth-order valence-electron chi connectivity index (χ4n) is 0.744. The summed E-state index contributed by atoms with van der Waals surface area (Å²) in [6, 6.07) is 1.75. The Morgan fingerprint density at radius 3 is 3.27 bits per heavy atom. The molecular weight excluding hydrogens is 144 g/mol. The maximum absolute atomic E-state index is 9.74. The average Bonchev–Trinajstić information content (AvgIpc) is 2.52. The van der Waals surface area contributed by atoms with Crippen molar-refractivity contribution in [3.8, 4) is 0 Å². The van der Waals surface area contributed by atoms with Crippen LogP contribution in [-0.2, 0) is 4.79 Å². The molecule has 0 N–H and O–H groups in total. The number of carbonyl (C=O) groups excluding carboxylic acids is 1. The Labute approximate surface area is 63.9 Å². The Balaban J connectivity index is 2.55. The van der Waals surface area contributed by atoms with Crippen molar-refractivity contribution in [2.24, 2.45) is 4.99 Å². The maximum Gasteiger partial charge on any atom is 0.234 e. The van der Waals surface area contributed by atoms with Gasteiger partial charge >= 0.3 is 0 Å². The molecule has 1 heterocycles. The van der Waals surface area contributed by atoms with Crippen LogP contribution in [-0.4, -0.2) is 17.8 Å². The summed E-state index contributed by atoms with van der Waals surface area (Å²) in [7, 11) is 0. The quantitative estimate of drug-likeness (QED) is 0.481. The van der Waals surface area contributed by atoms with Crippen LogP contribution in [0.4, 0.5) is 0 Å². The van der Waals surface area contributed by atoms with Crippen LogP contribution in [0.25, 0.3) is 0 Å². The van der Waals surface area contributed by atoms with Gasteiger partial charge in [0.1, 0.15) is 6.26 Å². The van der Waals surface area contributed by atoms with Crippen LogP contribution in [0.5, 0.6) is 0 Å². The van der Waals surface area contributed by atoms with E-state index < -0.39 is 0 Å². The van der Waals surface area contributed by atoms with Crippen LogP contribution >= 0.6 is 0 Å². The van der Waals surface area contributed by atoms with E-state index in [9.17, 15) is 4.79 Å². The molecule has 0 saturated carbocycles. The summed E-state index contributed by atoms with van der Waals surface area (Å²) < 4.78 is 4.63. The molecule has 0 spiro atoms. The maximum atomic E-state index is 9.74. The van der Waals surface area contributed by atoms with Gasteiger partial charge in [-0.1, -0.05) is 12.1 Å². The van der Waals surface area contributed by atoms with Gasteiger partial charge in [-0.3, -0.25) is 0 Å². The number of aliphatic imine (C=N–C) groups is 1. The first kappa shape index (κ1) is 7.69. The van der Waals surface area contributed by atoms with Gasteiger partial charge in [0.05, 0.1) is 12.2 Å². The Bertz CT molecular complexity index is 249. The Morgan fingerprint density at radius 2 is 2.73 bits per heavy atom. The minimum absolute atomic E-state index is 0.121. The van der Waals surface area contributed by atoms with E-state index in [4.69, 9.17) is 0 Å². The normalized spacial score (nSPS) is 12.1. The molecule has 0 aliphatic carbocycles. The zero-order valence-corrected chi connectivity index (χ0v) is 6.15. The Morgan fingerprint density at radius 1 is 1.91 bits per heavy atom. The fraction of sp³-hybridized carbons (Fsp3) is 0.429. The number of rotatable bonds is 3. The molecule has 0 aliphatic rings. The molecule has 1 aromatic heterocycles. The van der Waals surface area contributed by atoms with Crippen LogP contribution in [0.3, 0.4) is 0 Å². The van der Waals surface area contributed by atoms with Crippen LogP contribution in [0, 0.1) is 0 Å². The minimum Gasteiger partial charge on any atom is -0.365 e. The number of hydrogen-bond donors (Lipinski definition) is 0. The lowest BCUT2D eigenvalue weighted by Gasteiger charge is -1.99. The number of hydrogen-bond acceptors (Lipinski definition) is 4. The molecule has 0 fully saturated rings. The summed E-state index contributed by atoms with van der Waals surface area (Å²) in [6.07, 6.45) is 2.97. The predicted molar refractivity (Wildman–Crippen MR) is 37.9 cm³/mol. The van der Waals surface area contributed by atoms with E-state index >= 15 is 0 Å². The van der Waals surface area contributed by atoms with Gasteiger partial charge in [0, 0.05) is 12.0 Å². The summed E-state index contributed by atoms with van der Waals surface area (Å²) in [4.78, 5) is 13.2. The monoisotopic (exact) mass is 152 g/mol. The van der Waals surface area contributed by atoms with Crippen LogP contribution in [0.2, 0.25) is 0 Å². The average molecular weight is 152 g/mol. The zero-order valence-electron chi connectivity index (χ0n) is 6.15. The van der Waals surface area contributed by atoms with E-state index in [0.717, 1.165) is 5.69 Å². The summed E-state index contributed by atoms with van der Waals surface area (Å²) >= 11 is 0. The summed E-state index contributed by atoms with van der Waals surface area (Å²) in [6.45, 7) is 2.33. The smallest absolute Gasteiger partial charge is 0.234 e. The highest BCUT2D eigenvalue weighted by molar-refractivity contribution is 5.33. The number of nitrogens with zero attached hydrogens (tertiary/aromatic N) is 2. The van der Waals surface area contributed by atoms with Gasteiger partial charge in [0.25, 0.3) is 0 Å². The molecule has 1 rings (SSSR count). The molecule has 0 bridgehead atoms. The molecule has 58 valence electrons. The highest BCUT2D eigenvalue weighted by Gasteiger charge is 2.06. The molecule has 11 heavy (non-hydrogen) atoms. The van der Waals surface area contributed by atoms with Crippen molar-refractivity contribution in [2.45, 2.75) is 12.8 Å². The third kappa shape index (κ3) is 2.02. The third-order valence-corrected chi connectivity index (χ3v) is 1.39. The van der Waals surface area contributed by atoms with Crippen LogP contribution in [0.1, 0.15) is 18.5 Å². The van der Waals surface area contributed by atoms with Gasteiger partial charge in [-0.2, -0.15) is 0 Å². The van der Waals surface area contributed by atoms with Crippen LogP contribution in [0.15, 0.2) is 21.8 Å². The first-order valence-electron chi connectivity index (χ1n) is 3.28. The summed E-state index contributed by atoms with van der Waals surface area (Å²) in [5.41, 5.74) is 0.809. The fourth-order valence-corrected chi connectivity index (χ4v) is 0.744. The molecule has 1 unspecified atom stereocenters.